The molecule has 5 heteroatoms. The highest BCUT2D eigenvalue weighted by Crippen LogP contribution is 2.28. The largest absolute Gasteiger partial charge is 0.491 e. The molecule has 1 heterocycles. The monoisotopic (exact) mass is 573 g/mol. The maximum atomic E-state index is 12.5. The van der Waals surface area contributed by atoms with Crippen LogP contribution < -0.4 is 10.1 Å². The van der Waals surface area contributed by atoms with Crippen LogP contribution >= 0.6 is 0 Å². The van der Waals surface area contributed by atoms with Crippen molar-refractivity contribution in [3.63, 3.8) is 0 Å². The zero-order chi connectivity index (χ0) is 30.0. The number of imidazole rings is 1. The first-order chi connectivity index (χ1) is 21.0. The van der Waals surface area contributed by atoms with Gasteiger partial charge in [-0.25, -0.2) is 4.98 Å². The molecule has 0 unspecified atom stereocenters. The Morgan fingerprint density at radius 2 is 1.60 bits per heavy atom. The number of amides is 1. The van der Waals surface area contributed by atoms with E-state index in [1.54, 1.807) is 0 Å². The number of nitrogens with zero attached hydrogens (tertiary/aromatic N) is 2. The molecule has 0 radical (unpaired) electrons. The molecule has 5 aromatic rings. The zero-order valence-electron chi connectivity index (χ0n) is 25.7. The Morgan fingerprint density at radius 1 is 0.860 bits per heavy atom. The molecule has 0 saturated heterocycles. The van der Waals surface area contributed by atoms with E-state index in [2.05, 4.69) is 91.3 Å². The van der Waals surface area contributed by atoms with E-state index in [1.165, 1.54) is 16.7 Å². The van der Waals surface area contributed by atoms with E-state index in [-0.39, 0.29) is 5.91 Å². The molecule has 222 valence electrons. The van der Waals surface area contributed by atoms with Crippen molar-refractivity contribution in [2.24, 2.45) is 0 Å². The lowest BCUT2D eigenvalue weighted by molar-refractivity contribution is -0.120. The van der Waals surface area contributed by atoms with Gasteiger partial charge in [0.15, 0.2) is 0 Å². The fraction of sp³-hybridized carbons (Fsp3) is 0.316. The molecule has 0 saturated carbocycles. The summed E-state index contributed by atoms with van der Waals surface area (Å²) in [6.07, 6.45) is 4.32. The van der Waals surface area contributed by atoms with Crippen molar-refractivity contribution in [2.45, 2.75) is 65.3 Å². The summed E-state index contributed by atoms with van der Waals surface area (Å²) in [5.74, 6) is 2.56. The molecule has 0 fully saturated rings. The second-order valence-electron chi connectivity index (χ2n) is 11.6. The van der Waals surface area contributed by atoms with Gasteiger partial charge in [0.25, 0.3) is 0 Å². The van der Waals surface area contributed by atoms with E-state index >= 15 is 0 Å². The molecule has 43 heavy (non-hydrogen) atoms. The maximum Gasteiger partial charge on any atom is 0.224 e. The van der Waals surface area contributed by atoms with Gasteiger partial charge in [-0.15, -0.1) is 0 Å². The van der Waals surface area contributed by atoms with E-state index in [0.717, 1.165) is 66.0 Å². The molecule has 1 amide bonds. The van der Waals surface area contributed by atoms with E-state index in [9.17, 15) is 4.79 Å². The summed E-state index contributed by atoms with van der Waals surface area (Å²) in [4.78, 5) is 17.5. The third-order valence-corrected chi connectivity index (χ3v) is 7.92. The number of rotatable bonds is 14. The molecule has 5 rings (SSSR count). The standard InChI is InChI=1S/C38H43N3O2/c1-28(2)33-22-17-29(3)26-36(33)43-25-24-41-35-15-10-9-14-34(35)40-37(41)16-8-5-11-23-39-38(42)27-30-18-20-32(21-19-30)31-12-6-4-7-13-31/h4,6-7,9-10,12-15,17-22,26,28H,5,8,11,16,23-25,27H2,1-3H3,(H,39,42). The summed E-state index contributed by atoms with van der Waals surface area (Å²) in [6, 6.07) is 33.4. The fourth-order valence-corrected chi connectivity index (χ4v) is 5.56. The molecular weight excluding hydrogens is 530 g/mol. The number of nitrogens with one attached hydrogen (secondary N) is 1. The van der Waals surface area contributed by atoms with Crippen LogP contribution in [-0.4, -0.2) is 28.6 Å². The Hall–Kier alpha value is -4.38. The van der Waals surface area contributed by atoms with Crippen LogP contribution in [0.1, 0.15) is 61.5 Å². The number of hydrogen-bond acceptors (Lipinski definition) is 3. The predicted octanol–water partition coefficient (Wildman–Crippen LogP) is 8.29. The third kappa shape index (κ3) is 8.13. The van der Waals surface area contributed by atoms with Crippen molar-refractivity contribution in [2.75, 3.05) is 13.2 Å². The first-order valence-corrected chi connectivity index (χ1v) is 15.6. The number of aromatic nitrogens is 2. The average Bonchev–Trinajstić information content (AvgIpc) is 3.37. The number of unbranched alkanes of at least 4 members (excludes halogenated alkanes) is 2. The van der Waals surface area contributed by atoms with Crippen LogP contribution in [0.4, 0.5) is 0 Å². The van der Waals surface area contributed by atoms with Crippen LogP contribution in [0.2, 0.25) is 0 Å². The second-order valence-corrected chi connectivity index (χ2v) is 11.6. The number of para-hydroxylation sites is 2. The Morgan fingerprint density at radius 3 is 2.40 bits per heavy atom. The molecule has 4 aromatic carbocycles. The molecular formula is C38H43N3O2. The first kappa shape index (κ1) is 30.1. The van der Waals surface area contributed by atoms with Crippen LogP contribution in [0.25, 0.3) is 22.2 Å². The van der Waals surface area contributed by atoms with E-state index < -0.39 is 0 Å². The third-order valence-electron chi connectivity index (χ3n) is 7.92. The Balaban J connectivity index is 1.08. The van der Waals surface area contributed by atoms with Gasteiger partial charge < -0.3 is 14.6 Å². The second kappa shape index (κ2) is 14.7. The van der Waals surface area contributed by atoms with Crippen molar-refractivity contribution in [1.82, 2.24) is 14.9 Å². The summed E-state index contributed by atoms with van der Waals surface area (Å²) in [7, 11) is 0. The van der Waals surface area contributed by atoms with Gasteiger partial charge in [-0.05, 0) is 71.7 Å². The van der Waals surface area contributed by atoms with Gasteiger partial charge in [0, 0.05) is 13.0 Å². The minimum absolute atomic E-state index is 0.0727. The van der Waals surface area contributed by atoms with Gasteiger partial charge in [-0.2, -0.15) is 0 Å². The maximum absolute atomic E-state index is 12.5. The lowest BCUT2D eigenvalue weighted by Gasteiger charge is -2.16. The van der Waals surface area contributed by atoms with E-state index in [0.29, 0.717) is 25.5 Å². The summed E-state index contributed by atoms with van der Waals surface area (Å²) in [5, 5.41) is 3.09. The van der Waals surface area contributed by atoms with Crippen molar-refractivity contribution < 1.29 is 9.53 Å². The van der Waals surface area contributed by atoms with Crippen LogP contribution in [0.5, 0.6) is 5.75 Å². The highest BCUT2D eigenvalue weighted by Gasteiger charge is 2.12. The first-order valence-electron chi connectivity index (χ1n) is 15.6. The number of aryl methyl sites for hydroxylation is 2. The number of carbonyl (C=O) groups is 1. The molecule has 0 spiro atoms. The quantitative estimate of drug-likeness (QED) is 0.136. The molecule has 0 aliphatic carbocycles. The average molecular weight is 574 g/mol. The topological polar surface area (TPSA) is 56.1 Å². The van der Waals surface area contributed by atoms with Gasteiger partial charge in [-0.3, -0.25) is 4.79 Å². The molecule has 1 aromatic heterocycles. The van der Waals surface area contributed by atoms with Gasteiger partial charge in [0.1, 0.15) is 18.2 Å². The van der Waals surface area contributed by atoms with Gasteiger partial charge >= 0.3 is 0 Å². The highest BCUT2D eigenvalue weighted by atomic mass is 16.5. The van der Waals surface area contributed by atoms with Crippen molar-refractivity contribution >= 4 is 16.9 Å². The van der Waals surface area contributed by atoms with Crippen LogP contribution in [0.15, 0.2) is 97.1 Å². The number of hydrogen-bond donors (Lipinski definition) is 1. The summed E-state index contributed by atoms with van der Waals surface area (Å²) < 4.78 is 8.63. The molecule has 0 aliphatic heterocycles. The zero-order valence-corrected chi connectivity index (χ0v) is 25.7. The minimum atomic E-state index is 0.0727. The molecule has 0 bridgehead atoms. The van der Waals surface area contributed by atoms with Crippen LogP contribution in [0.3, 0.4) is 0 Å². The fourth-order valence-electron chi connectivity index (χ4n) is 5.56. The van der Waals surface area contributed by atoms with E-state index in [4.69, 9.17) is 9.72 Å². The summed E-state index contributed by atoms with van der Waals surface area (Å²) in [6.45, 7) is 8.56. The normalized spacial score (nSPS) is 11.3. The number of carbonyl (C=O) groups excluding carboxylic acids is 1. The number of benzene rings is 4. The lowest BCUT2D eigenvalue weighted by Crippen LogP contribution is -2.26. The molecule has 0 aliphatic rings. The van der Waals surface area contributed by atoms with Crippen LogP contribution in [-0.2, 0) is 24.2 Å². The smallest absolute Gasteiger partial charge is 0.224 e. The Bertz CT molecular complexity index is 1620. The van der Waals surface area contributed by atoms with Gasteiger partial charge in [0.05, 0.1) is 24.0 Å². The SMILES string of the molecule is Cc1ccc(C(C)C)c(OCCn2c(CCCCCNC(=O)Cc3ccc(-c4ccccc4)cc3)nc3ccccc32)c1. The summed E-state index contributed by atoms with van der Waals surface area (Å²) in [5.41, 5.74) is 8.01. The highest BCUT2D eigenvalue weighted by molar-refractivity contribution is 5.79. The Labute approximate surface area is 255 Å². The predicted molar refractivity (Wildman–Crippen MR) is 177 cm³/mol. The Kier molecular flexibility index (Phi) is 10.3. The molecule has 5 nitrogen and oxygen atoms in total. The van der Waals surface area contributed by atoms with Crippen molar-refractivity contribution in [3.8, 4) is 16.9 Å². The van der Waals surface area contributed by atoms with E-state index in [1.807, 2.05) is 36.4 Å². The molecule has 1 N–H and O–H groups in total. The number of fused-ring (bicyclic) bond motifs is 1. The lowest BCUT2D eigenvalue weighted by atomic mass is 10.0. The molecule has 0 atom stereocenters. The van der Waals surface area contributed by atoms with Gasteiger partial charge in [-0.1, -0.05) is 99.1 Å². The van der Waals surface area contributed by atoms with Crippen molar-refractivity contribution in [1.29, 1.82) is 0 Å². The van der Waals surface area contributed by atoms with Crippen molar-refractivity contribution in [3.05, 3.63) is 120 Å². The minimum Gasteiger partial charge on any atom is -0.491 e. The van der Waals surface area contributed by atoms with Crippen LogP contribution in [0, 0.1) is 6.92 Å². The number of ether oxygens (including phenoxy) is 1. The van der Waals surface area contributed by atoms with Gasteiger partial charge in [0.2, 0.25) is 5.91 Å². The summed E-state index contributed by atoms with van der Waals surface area (Å²) >= 11 is 0.